The minimum Gasteiger partial charge on any atom is -0.504 e. The first-order valence-corrected chi connectivity index (χ1v) is 6.60. The van der Waals surface area contributed by atoms with E-state index in [0.717, 1.165) is 0 Å². The third-order valence-corrected chi connectivity index (χ3v) is 2.85. The summed E-state index contributed by atoms with van der Waals surface area (Å²) < 4.78 is 4.96. The smallest absolute Gasteiger partial charge is 0.437 e. The van der Waals surface area contributed by atoms with E-state index in [1.54, 1.807) is 36.4 Å². The van der Waals surface area contributed by atoms with Crippen LogP contribution in [0.3, 0.4) is 0 Å². The number of carbonyl (C=O) groups is 1. The maximum Gasteiger partial charge on any atom is 0.437 e. The molecule has 1 amide bonds. The van der Waals surface area contributed by atoms with Crippen LogP contribution in [-0.4, -0.2) is 24.5 Å². The van der Waals surface area contributed by atoms with Crippen LogP contribution in [0, 0.1) is 0 Å². The van der Waals surface area contributed by atoms with E-state index in [9.17, 15) is 9.90 Å². The number of ether oxygens (including phenoxy) is 1. The number of carbonyl (C=O) groups excluding carboxylic acids is 1. The zero-order chi connectivity index (χ0) is 15.9. The first-order chi connectivity index (χ1) is 10.6. The number of amides is 1. The lowest BCUT2D eigenvalue weighted by atomic mass is 10.2. The molecule has 0 saturated carbocycles. The van der Waals surface area contributed by atoms with Gasteiger partial charge in [0.25, 0.3) is 0 Å². The summed E-state index contributed by atoms with van der Waals surface area (Å²) in [6.07, 6.45) is 0.573. The molecule has 0 aliphatic heterocycles. The standard InChI is InChI=1S/C15H13ClN2O4/c1-21-14-7-10(5-6-13(14)19)9-17-22-15(20)18-12-4-2-3-11(16)8-12/h2-9,19H,1H3,(H,18,20)/b17-9+. The predicted octanol–water partition coefficient (Wildman–Crippen LogP) is 3.64. The molecule has 0 heterocycles. The van der Waals surface area contributed by atoms with Crippen molar-refractivity contribution < 1.29 is 19.5 Å². The number of aromatic hydroxyl groups is 1. The lowest BCUT2D eigenvalue weighted by Gasteiger charge is -2.04. The molecular weight excluding hydrogens is 308 g/mol. The molecule has 0 bridgehead atoms. The number of anilines is 1. The van der Waals surface area contributed by atoms with E-state index >= 15 is 0 Å². The number of phenolic OH excluding ortho intramolecular Hbond substituents is 1. The minimum absolute atomic E-state index is 0.0132. The van der Waals surface area contributed by atoms with Crippen LogP contribution >= 0.6 is 11.6 Å². The highest BCUT2D eigenvalue weighted by molar-refractivity contribution is 6.30. The van der Waals surface area contributed by atoms with E-state index < -0.39 is 6.09 Å². The van der Waals surface area contributed by atoms with Gasteiger partial charge in [0.15, 0.2) is 11.5 Å². The SMILES string of the molecule is COc1cc(/C=N/OC(=O)Nc2cccc(Cl)c2)ccc1O. The molecule has 0 saturated heterocycles. The van der Waals surface area contributed by atoms with Gasteiger partial charge < -0.3 is 9.84 Å². The number of phenols is 1. The van der Waals surface area contributed by atoms with Crippen molar-refractivity contribution in [2.24, 2.45) is 5.16 Å². The van der Waals surface area contributed by atoms with Crippen LogP contribution in [0.4, 0.5) is 10.5 Å². The van der Waals surface area contributed by atoms with Crippen molar-refractivity contribution >= 4 is 29.6 Å². The number of methoxy groups -OCH3 is 1. The fourth-order valence-electron chi connectivity index (χ4n) is 1.62. The van der Waals surface area contributed by atoms with Gasteiger partial charge >= 0.3 is 6.09 Å². The normalized spacial score (nSPS) is 10.5. The summed E-state index contributed by atoms with van der Waals surface area (Å²) >= 11 is 5.80. The monoisotopic (exact) mass is 320 g/mol. The summed E-state index contributed by atoms with van der Waals surface area (Å²) in [5, 5.41) is 16.0. The van der Waals surface area contributed by atoms with Gasteiger partial charge in [0, 0.05) is 16.3 Å². The predicted molar refractivity (Wildman–Crippen MR) is 83.8 cm³/mol. The Morgan fingerprint density at radius 3 is 2.86 bits per heavy atom. The van der Waals surface area contributed by atoms with Gasteiger partial charge in [0.1, 0.15) is 0 Å². The average Bonchev–Trinajstić information content (AvgIpc) is 2.49. The molecule has 0 unspecified atom stereocenters. The van der Waals surface area contributed by atoms with Gasteiger partial charge in [-0.3, -0.25) is 10.2 Å². The Labute approximate surface area is 131 Å². The quantitative estimate of drug-likeness (QED) is 0.512. The molecule has 0 aliphatic carbocycles. The van der Waals surface area contributed by atoms with Gasteiger partial charge in [0.2, 0.25) is 0 Å². The lowest BCUT2D eigenvalue weighted by Crippen LogP contribution is -2.10. The van der Waals surface area contributed by atoms with E-state index in [1.165, 1.54) is 19.4 Å². The number of nitrogens with one attached hydrogen (secondary N) is 1. The fraction of sp³-hybridized carbons (Fsp3) is 0.0667. The Morgan fingerprint density at radius 2 is 2.14 bits per heavy atom. The highest BCUT2D eigenvalue weighted by Crippen LogP contribution is 2.25. The summed E-state index contributed by atoms with van der Waals surface area (Å²) in [6.45, 7) is 0. The Kier molecular flexibility index (Phi) is 5.21. The second-order valence-corrected chi connectivity index (χ2v) is 4.62. The molecule has 0 aromatic heterocycles. The average molecular weight is 321 g/mol. The Morgan fingerprint density at radius 1 is 1.32 bits per heavy atom. The topological polar surface area (TPSA) is 80.2 Å². The molecule has 0 radical (unpaired) electrons. The summed E-state index contributed by atoms with van der Waals surface area (Å²) in [5.41, 5.74) is 1.10. The van der Waals surface area contributed by atoms with Crippen molar-refractivity contribution in [3.63, 3.8) is 0 Å². The van der Waals surface area contributed by atoms with E-state index in [2.05, 4.69) is 15.3 Å². The molecular formula is C15H13ClN2O4. The minimum atomic E-state index is -0.746. The van der Waals surface area contributed by atoms with Crippen molar-refractivity contribution in [1.29, 1.82) is 0 Å². The number of hydrogen-bond acceptors (Lipinski definition) is 5. The van der Waals surface area contributed by atoms with Crippen molar-refractivity contribution in [3.8, 4) is 11.5 Å². The molecule has 0 spiro atoms. The Hall–Kier alpha value is -2.73. The van der Waals surface area contributed by atoms with E-state index in [4.69, 9.17) is 16.3 Å². The van der Waals surface area contributed by atoms with Crippen LogP contribution in [0.2, 0.25) is 5.02 Å². The maximum absolute atomic E-state index is 11.5. The van der Waals surface area contributed by atoms with Crippen molar-refractivity contribution in [3.05, 3.63) is 53.1 Å². The van der Waals surface area contributed by atoms with Crippen LogP contribution in [0.15, 0.2) is 47.6 Å². The van der Waals surface area contributed by atoms with Crippen molar-refractivity contribution in [1.82, 2.24) is 0 Å². The zero-order valence-corrected chi connectivity index (χ0v) is 12.4. The number of oxime groups is 1. The highest BCUT2D eigenvalue weighted by Gasteiger charge is 2.04. The molecule has 114 valence electrons. The number of halogens is 1. The summed E-state index contributed by atoms with van der Waals surface area (Å²) in [6, 6.07) is 11.2. The Bertz CT molecular complexity index is 704. The fourth-order valence-corrected chi connectivity index (χ4v) is 1.81. The van der Waals surface area contributed by atoms with E-state index in [0.29, 0.717) is 22.0 Å². The molecule has 2 rings (SSSR count). The first-order valence-electron chi connectivity index (χ1n) is 6.22. The van der Waals surface area contributed by atoms with Crippen molar-refractivity contribution in [2.75, 3.05) is 12.4 Å². The third kappa shape index (κ3) is 4.39. The third-order valence-electron chi connectivity index (χ3n) is 2.61. The van der Waals surface area contributed by atoms with Crippen LogP contribution in [0.25, 0.3) is 0 Å². The number of benzene rings is 2. The Balaban J connectivity index is 1.93. The largest absolute Gasteiger partial charge is 0.504 e. The van der Waals surface area contributed by atoms with Crippen molar-refractivity contribution in [2.45, 2.75) is 0 Å². The molecule has 7 heteroatoms. The van der Waals surface area contributed by atoms with E-state index in [1.807, 2.05) is 0 Å². The summed E-state index contributed by atoms with van der Waals surface area (Å²) in [5.74, 6) is 0.312. The van der Waals surface area contributed by atoms with E-state index in [-0.39, 0.29) is 5.75 Å². The first kappa shape index (κ1) is 15.7. The number of nitrogens with zero attached hydrogens (tertiary/aromatic N) is 1. The summed E-state index contributed by atoms with van der Waals surface area (Å²) in [7, 11) is 1.44. The lowest BCUT2D eigenvalue weighted by molar-refractivity contribution is 0.167. The zero-order valence-electron chi connectivity index (χ0n) is 11.6. The number of rotatable bonds is 4. The van der Waals surface area contributed by atoms with Crippen LogP contribution in [0.1, 0.15) is 5.56 Å². The highest BCUT2D eigenvalue weighted by atomic mass is 35.5. The van der Waals surface area contributed by atoms with Gasteiger partial charge in [0.05, 0.1) is 13.3 Å². The molecule has 2 aromatic carbocycles. The maximum atomic E-state index is 11.5. The second-order valence-electron chi connectivity index (χ2n) is 4.18. The van der Waals surface area contributed by atoms with Crippen LogP contribution < -0.4 is 10.1 Å². The summed E-state index contributed by atoms with van der Waals surface area (Å²) in [4.78, 5) is 16.2. The van der Waals surface area contributed by atoms with Gasteiger partial charge in [-0.2, -0.15) is 0 Å². The van der Waals surface area contributed by atoms with Crippen LogP contribution in [-0.2, 0) is 4.84 Å². The van der Waals surface area contributed by atoms with Gasteiger partial charge in [-0.15, -0.1) is 0 Å². The van der Waals surface area contributed by atoms with Crippen LogP contribution in [0.5, 0.6) is 11.5 Å². The van der Waals surface area contributed by atoms with Gasteiger partial charge in [-0.25, -0.2) is 4.79 Å². The molecule has 0 atom stereocenters. The number of hydrogen-bond donors (Lipinski definition) is 2. The molecule has 0 aliphatic rings. The molecule has 6 nitrogen and oxygen atoms in total. The molecule has 0 fully saturated rings. The second kappa shape index (κ2) is 7.33. The van der Waals surface area contributed by atoms with Gasteiger partial charge in [-0.05, 0) is 36.4 Å². The molecule has 2 aromatic rings. The van der Waals surface area contributed by atoms with Gasteiger partial charge in [-0.1, -0.05) is 22.8 Å². The molecule has 22 heavy (non-hydrogen) atoms. The molecule has 2 N–H and O–H groups in total.